The third-order valence-corrected chi connectivity index (χ3v) is 3.21. The summed E-state index contributed by atoms with van der Waals surface area (Å²) in [6.45, 7) is 3.87. The highest BCUT2D eigenvalue weighted by atomic mass is 16.1. The van der Waals surface area contributed by atoms with Crippen LogP contribution in [0.1, 0.15) is 30.1 Å². The summed E-state index contributed by atoms with van der Waals surface area (Å²) in [5, 5.41) is 0. The lowest BCUT2D eigenvalue weighted by Crippen LogP contribution is -2.29. The molecule has 1 amide bonds. The lowest BCUT2D eigenvalue weighted by atomic mass is 10.1. The van der Waals surface area contributed by atoms with Crippen molar-refractivity contribution in [2.24, 2.45) is 11.7 Å². The van der Waals surface area contributed by atoms with Crippen LogP contribution in [0, 0.1) is 5.92 Å². The molecule has 4 heteroatoms. The van der Waals surface area contributed by atoms with Crippen LogP contribution in [-0.2, 0) is 0 Å². The second-order valence-corrected chi connectivity index (χ2v) is 4.59. The molecule has 0 atom stereocenters. The first-order chi connectivity index (χ1) is 8.13. The number of anilines is 2. The third kappa shape index (κ3) is 2.52. The lowest BCUT2D eigenvalue weighted by Gasteiger charge is -2.26. The van der Waals surface area contributed by atoms with Crippen molar-refractivity contribution in [3.8, 4) is 0 Å². The third-order valence-electron chi connectivity index (χ3n) is 3.21. The van der Waals surface area contributed by atoms with Gasteiger partial charge in [-0.15, -0.1) is 0 Å². The average molecular weight is 233 g/mol. The van der Waals surface area contributed by atoms with Gasteiger partial charge in [-0.3, -0.25) is 4.79 Å². The first kappa shape index (κ1) is 11.8. The van der Waals surface area contributed by atoms with Gasteiger partial charge in [0.2, 0.25) is 0 Å². The van der Waals surface area contributed by atoms with E-state index in [-0.39, 0.29) is 0 Å². The number of benzene rings is 1. The van der Waals surface area contributed by atoms with Crippen LogP contribution in [0.5, 0.6) is 0 Å². The van der Waals surface area contributed by atoms with Crippen molar-refractivity contribution in [2.75, 3.05) is 23.7 Å². The first-order valence-corrected chi connectivity index (χ1v) is 6.06. The van der Waals surface area contributed by atoms with Gasteiger partial charge in [-0.25, -0.2) is 0 Å². The topological polar surface area (TPSA) is 72.3 Å². The molecule has 4 nitrogen and oxygen atoms in total. The van der Waals surface area contributed by atoms with Crippen LogP contribution in [0.15, 0.2) is 18.2 Å². The van der Waals surface area contributed by atoms with Gasteiger partial charge < -0.3 is 16.4 Å². The molecule has 1 aliphatic rings. The maximum absolute atomic E-state index is 11.4. The molecule has 0 radical (unpaired) electrons. The van der Waals surface area contributed by atoms with Crippen LogP contribution in [0.4, 0.5) is 11.4 Å². The molecular weight excluding hydrogens is 214 g/mol. The standard InChI is InChI=1S/C13H19N3O/c1-2-16(8-9-6-7-9)12-10(13(15)17)4-3-5-11(12)14/h3-5,9H,2,6-8,14H2,1H3,(H2,15,17). The van der Waals surface area contributed by atoms with Crippen molar-refractivity contribution in [3.63, 3.8) is 0 Å². The zero-order valence-corrected chi connectivity index (χ0v) is 10.1. The van der Waals surface area contributed by atoms with Gasteiger partial charge in [0.25, 0.3) is 5.91 Å². The molecule has 0 unspecified atom stereocenters. The zero-order valence-electron chi connectivity index (χ0n) is 10.1. The molecule has 1 aromatic carbocycles. The van der Waals surface area contributed by atoms with Crippen molar-refractivity contribution in [1.29, 1.82) is 0 Å². The Morgan fingerprint density at radius 3 is 2.71 bits per heavy atom. The molecule has 0 saturated heterocycles. The second-order valence-electron chi connectivity index (χ2n) is 4.59. The predicted molar refractivity (Wildman–Crippen MR) is 70.0 cm³/mol. The summed E-state index contributed by atoms with van der Waals surface area (Å²) in [5.41, 5.74) is 13.3. The summed E-state index contributed by atoms with van der Waals surface area (Å²) in [4.78, 5) is 13.6. The molecule has 0 aromatic heterocycles. The largest absolute Gasteiger partial charge is 0.397 e. The van der Waals surface area contributed by atoms with E-state index < -0.39 is 5.91 Å². The molecule has 1 aromatic rings. The number of rotatable bonds is 5. The number of para-hydroxylation sites is 1. The smallest absolute Gasteiger partial charge is 0.250 e. The molecule has 1 aliphatic carbocycles. The molecule has 17 heavy (non-hydrogen) atoms. The SMILES string of the molecule is CCN(CC1CC1)c1c(N)cccc1C(N)=O. The molecular formula is C13H19N3O. The van der Waals surface area contributed by atoms with E-state index in [9.17, 15) is 4.79 Å². The Morgan fingerprint density at radius 1 is 1.47 bits per heavy atom. The molecule has 1 fully saturated rings. The summed E-state index contributed by atoms with van der Waals surface area (Å²) in [6.07, 6.45) is 2.55. The maximum Gasteiger partial charge on any atom is 0.250 e. The lowest BCUT2D eigenvalue weighted by molar-refractivity contribution is 0.100. The number of nitrogens with zero attached hydrogens (tertiary/aromatic N) is 1. The fourth-order valence-electron chi connectivity index (χ4n) is 2.10. The van der Waals surface area contributed by atoms with Crippen molar-refractivity contribution in [3.05, 3.63) is 23.8 Å². The van der Waals surface area contributed by atoms with Crippen LogP contribution in [0.3, 0.4) is 0 Å². The molecule has 0 aliphatic heterocycles. The van der Waals surface area contributed by atoms with Gasteiger partial charge in [0, 0.05) is 13.1 Å². The van der Waals surface area contributed by atoms with Gasteiger partial charge in [-0.2, -0.15) is 0 Å². The molecule has 0 heterocycles. The van der Waals surface area contributed by atoms with Crippen LogP contribution in [0.2, 0.25) is 0 Å². The normalized spacial score (nSPS) is 14.6. The average Bonchev–Trinajstić information content (AvgIpc) is 3.10. The van der Waals surface area contributed by atoms with Crippen LogP contribution < -0.4 is 16.4 Å². The minimum Gasteiger partial charge on any atom is -0.397 e. The molecule has 2 rings (SSSR count). The van der Waals surface area contributed by atoms with E-state index in [1.165, 1.54) is 12.8 Å². The van der Waals surface area contributed by atoms with Gasteiger partial charge in [0.1, 0.15) is 0 Å². The highest BCUT2D eigenvalue weighted by Gasteiger charge is 2.26. The maximum atomic E-state index is 11.4. The van der Waals surface area contributed by atoms with Gasteiger partial charge in [0.05, 0.1) is 16.9 Å². The monoisotopic (exact) mass is 233 g/mol. The Morgan fingerprint density at radius 2 is 2.18 bits per heavy atom. The molecule has 0 bridgehead atoms. The zero-order chi connectivity index (χ0) is 12.4. The van der Waals surface area contributed by atoms with E-state index in [0.717, 1.165) is 24.7 Å². The fraction of sp³-hybridized carbons (Fsp3) is 0.462. The number of nitrogens with two attached hydrogens (primary N) is 2. The van der Waals surface area contributed by atoms with Gasteiger partial charge in [-0.1, -0.05) is 6.07 Å². The summed E-state index contributed by atoms with van der Waals surface area (Å²) in [5.74, 6) is 0.330. The van der Waals surface area contributed by atoms with E-state index in [4.69, 9.17) is 11.5 Å². The summed E-state index contributed by atoms with van der Waals surface area (Å²) < 4.78 is 0. The van der Waals surface area contributed by atoms with Gasteiger partial charge >= 0.3 is 0 Å². The number of carbonyl (C=O) groups excluding carboxylic acids is 1. The van der Waals surface area contributed by atoms with E-state index in [0.29, 0.717) is 11.3 Å². The second kappa shape index (κ2) is 4.65. The van der Waals surface area contributed by atoms with Gasteiger partial charge in [0.15, 0.2) is 0 Å². The summed E-state index contributed by atoms with van der Waals surface area (Å²) in [6, 6.07) is 5.32. The number of carbonyl (C=O) groups is 1. The molecule has 92 valence electrons. The number of amides is 1. The van der Waals surface area contributed by atoms with Crippen molar-refractivity contribution in [1.82, 2.24) is 0 Å². The van der Waals surface area contributed by atoms with Gasteiger partial charge in [-0.05, 0) is 37.8 Å². The van der Waals surface area contributed by atoms with Crippen molar-refractivity contribution >= 4 is 17.3 Å². The Bertz CT molecular complexity index is 427. The Balaban J connectivity index is 2.35. The molecule has 0 spiro atoms. The Hall–Kier alpha value is -1.71. The Kier molecular flexibility index (Phi) is 3.22. The van der Waals surface area contributed by atoms with E-state index in [2.05, 4.69) is 11.8 Å². The fourth-order valence-corrected chi connectivity index (χ4v) is 2.10. The summed E-state index contributed by atoms with van der Waals surface area (Å²) >= 11 is 0. The molecule has 1 saturated carbocycles. The highest BCUT2D eigenvalue weighted by molar-refractivity contribution is 6.01. The highest BCUT2D eigenvalue weighted by Crippen LogP contribution is 2.34. The quantitative estimate of drug-likeness (QED) is 0.759. The minimum absolute atomic E-state index is 0.415. The van der Waals surface area contributed by atoms with E-state index >= 15 is 0 Å². The van der Waals surface area contributed by atoms with Crippen LogP contribution >= 0.6 is 0 Å². The number of hydrogen-bond acceptors (Lipinski definition) is 3. The predicted octanol–water partition coefficient (Wildman–Crippen LogP) is 1.60. The number of hydrogen-bond donors (Lipinski definition) is 2. The van der Waals surface area contributed by atoms with Crippen LogP contribution in [-0.4, -0.2) is 19.0 Å². The van der Waals surface area contributed by atoms with E-state index in [1.807, 2.05) is 6.07 Å². The number of nitrogen functional groups attached to an aromatic ring is 1. The Labute approximate surface area is 102 Å². The van der Waals surface area contributed by atoms with E-state index in [1.54, 1.807) is 12.1 Å². The number of primary amides is 1. The van der Waals surface area contributed by atoms with Crippen molar-refractivity contribution in [2.45, 2.75) is 19.8 Å². The minimum atomic E-state index is -0.415. The molecule has 4 N–H and O–H groups in total. The van der Waals surface area contributed by atoms with Crippen LogP contribution in [0.25, 0.3) is 0 Å². The summed E-state index contributed by atoms with van der Waals surface area (Å²) in [7, 11) is 0. The first-order valence-electron chi connectivity index (χ1n) is 6.06. The van der Waals surface area contributed by atoms with Crippen molar-refractivity contribution < 1.29 is 4.79 Å².